The number of sulfonamides is 1. The van der Waals surface area contributed by atoms with Crippen molar-refractivity contribution in [2.75, 3.05) is 26.3 Å². The summed E-state index contributed by atoms with van der Waals surface area (Å²) in [5.74, 6) is 3.28. The first kappa shape index (κ1) is 19.9. The third-order valence-electron chi connectivity index (χ3n) is 6.38. The Balaban J connectivity index is 1.31. The zero-order valence-corrected chi connectivity index (χ0v) is 18.2. The van der Waals surface area contributed by atoms with Crippen LogP contribution in [0.25, 0.3) is 0 Å². The van der Waals surface area contributed by atoms with Gasteiger partial charge in [-0.1, -0.05) is 0 Å². The smallest absolute Gasteiger partial charge is 0.243 e. The van der Waals surface area contributed by atoms with Gasteiger partial charge in [-0.2, -0.15) is 4.31 Å². The van der Waals surface area contributed by atoms with Crippen molar-refractivity contribution in [3.05, 3.63) is 35.9 Å². The topological polar surface area (TPSA) is 73.7 Å². The fourth-order valence-corrected chi connectivity index (χ4v) is 6.06. The van der Waals surface area contributed by atoms with Crippen molar-refractivity contribution < 1.29 is 17.9 Å². The van der Waals surface area contributed by atoms with Crippen molar-refractivity contribution >= 4 is 10.0 Å². The fraction of sp³-hybridized carbons (Fsp3) is 0.591. The number of aromatic nitrogens is 2. The van der Waals surface area contributed by atoms with Gasteiger partial charge in [0.05, 0.1) is 4.90 Å². The fourth-order valence-electron chi connectivity index (χ4n) is 4.48. The Bertz CT molecular complexity index is 1030. The van der Waals surface area contributed by atoms with Crippen molar-refractivity contribution in [1.29, 1.82) is 0 Å². The molecular weight excluding hydrogens is 402 g/mol. The molecule has 1 aromatic heterocycles. The van der Waals surface area contributed by atoms with Crippen LogP contribution in [0.3, 0.4) is 0 Å². The molecule has 0 bridgehead atoms. The van der Waals surface area contributed by atoms with Crippen LogP contribution in [-0.2, 0) is 23.0 Å². The summed E-state index contributed by atoms with van der Waals surface area (Å²) in [5, 5.41) is 0. The molecule has 8 heteroatoms. The van der Waals surface area contributed by atoms with E-state index in [1.165, 1.54) is 18.5 Å². The van der Waals surface area contributed by atoms with E-state index in [1.807, 2.05) is 6.20 Å². The molecule has 30 heavy (non-hydrogen) atoms. The maximum absolute atomic E-state index is 13.3. The summed E-state index contributed by atoms with van der Waals surface area (Å²) >= 11 is 0. The maximum atomic E-state index is 13.3. The van der Waals surface area contributed by atoms with Crippen LogP contribution in [0.4, 0.5) is 0 Å². The molecule has 3 aliphatic rings. The van der Waals surface area contributed by atoms with E-state index >= 15 is 0 Å². The molecule has 2 aliphatic heterocycles. The highest BCUT2D eigenvalue weighted by Gasteiger charge is 2.32. The van der Waals surface area contributed by atoms with Crippen LogP contribution >= 0.6 is 0 Å². The average molecular weight is 432 g/mol. The number of fused-ring (bicyclic) bond motifs is 1. The number of nitrogens with zero attached hydrogens (tertiary/aromatic N) is 3. The Morgan fingerprint density at radius 1 is 1.10 bits per heavy atom. The lowest BCUT2D eigenvalue weighted by molar-refractivity contribution is 0.171. The zero-order chi connectivity index (χ0) is 20.7. The lowest BCUT2D eigenvalue weighted by Gasteiger charge is -2.32. The monoisotopic (exact) mass is 431 g/mol. The van der Waals surface area contributed by atoms with E-state index in [2.05, 4.69) is 16.5 Å². The van der Waals surface area contributed by atoms with Crippen LogP contribution < -0.4 is 9.47 Å². The van der Waals surface area contributed by atoms with Gasteiger partial charge in [0.1, 0.15) is 19.0 Å². The third kappa shape index (κ3) is 3.95. The summed E-state index contributed by atoms with van der Waals surface area (Å²) in [6, 6.07) is 4.91. The number of hydrogen-bond donors (Lipinski definition) is 0. The number of hydrogen-bond acceptors (Lipinski definition) is 5. The van der Waals surface area contributed by atoms with Crippen LogP contribution in [0, 0.1) is 18.8 Å². The van der Waals surface area contributed by atoms with Crippen molar-refractivity contribution in [1.82, 2.24) is 13.9 Å². The number of piperidine rings is 1. The second-order valence-corrected chi connectivity index (χ2v) is 10.7. The molecule has 1 saturated heterocycles. The highest BCUT2D eigenvalue weighted by Crippen LogP contribution is 2.35. The molecule has 5 rings (SSSR count). The molecular formula is C22H29N3O4S. The first-order valence-electron chi connectivity index (χ1n) is 10.9. The lowest BCUT2D eigenvalue weighted by atomic mass is 9.96. The highest BCUT2D eigenvalue weighted by atomic mass is 32.2. The van der Waals surface area contributed by atoms with Gasteiger partial charge in [-0.05, 0) is 56.6 Å². The second kappa shape index (κ2) is 7.89. The summed E-state index contributed by atoms with van der Waals surface area (Å²) in [7, 11) is -3.56. The van der Waals surface area contributed by atoms with Crippen LogP contribution in [0.15, 0.2) is 29.3 Å². The molecule has 7 nitrogen and oxygen atoms in total. The predicted molar refractivity (Wildman–Crippen MR) is 112 cm³/mol. The largest absolute Gasteiger partial charge is 0.486 e. The highest BCUT2D eigenvalue weighted by molar-refractivity contribution is 7.89. The zero-order valence-electron chi connectivity index (χ0n) is 17.4. The van der Waals surface area contributed by atoms with Gasteiger partial charge >= 0.3 is 0 Å². The molecule has 0 radical (unpaired) electrons. The molecule has 1 atom stereocenters. The van der Waals surface area contributed by atoms with Gasteiger partial charge in [0.15, 0.2) is 11.5 Å². The van der Waals surface area contributed by atoms with E-state index in [-0.39, 0.29) is 10.8 Å². The summed E-state index contributed by atoms with van der Waals surface area (Å²) in [6.07, 6.45) is 7.29. The van der Waals surface area contributed by atoms with Gasteiger partial charge in [-0.15, -0.1) is 0 Å². The van der Waals surface area contributed by atoms with E-state index in [0.717, 1.165) is 37.5 Å². The Labute approximate surface area is 178 Å². The molecule has 1 aromatic carbocycles. The first-order valence-corrected chi connectivity index (χ1v) is 12.4. The minimum atomic E-state index is -3.56. The van der Waals surface area contributed by atoms with Crippen molar-refractivity contribution in [3.8, 4) is 11.5 Å². The third-order valence-corrected chi connectivity index (χ3v) is 8.24. The van der Waals surface area contributed by atoms with Crippen molar-refractivity contribution in [3.63, 3.8) is 0 Å². The van der Waals surface area contributed by atoms with Gasteiger partial charge < -0.3 is 14.0 Å². The van der Waals surface area contributed by atoms with Crippen molar-refractivity contribution in [2.45, 2.75) is 50.5 Å². The molecule has 0 spiro atoms. The van der Waals surface area contributed by atoms with Gasteiger partial charge in [-0.3, -0.25) is 0 Å². The number of benzene rings is 1. The van der Waals surface area contributed by atoms with E-state index in [9.17, 15) is 8.42 Å². The quantitative estimate of drug-likeness (QED) is 0.703. The summed E-state index contributed by atoms with van der Waals surface area (Å²) in [6.45, 7) is 5.18. The Kier molecular flexibility index (Phi) is 5.23. The van der Waals surface area contributed by atoms with Gasteiger partial charge in [0.2, 0.25) is 10.0 Å². The van der Waals surface area contributed by atoms with Crippen molar-refractivity contribution in [2.24, 2.45) is 11.8 Å². The molecule has 2 fully saturated rings. The molecule has 1 aliphatic carbocycles. The number of aryl methyl sites for hydroxylation is 1. The van der Waals surface area contributed by atoms with E-state index in [4.69, 9.17) is 9.47 Å². The number of ether oxygens (including phenoxy) is 2. The second-order valence-electron chi connectivity index (χ2n) is 8.75. The maximum Gasteiger partial charge on any atom is 0.243 e. The van der Waals surface area contributed by atoms with Crippen LogP contribution in [0.2, 0.25) is 0 Å². The molecule has 0 N–H and O–H groups in total. The predicted octanol–water partition coefficient (Wildman–Crippen LogP) is 3.02. The normalized spacial score (nSPS) is 22.2. The van der Waals surface area contributed by atoms with Crippen LogP contribution in [-0.4, -0.2) is 48.6 Å². The molecule has 1 unspecified atom stereocenters. The lowest BCUT2D eigenvalue weighted by Crippen LogP contribution is -2.40. The minimum absolute atomic E-state index is 0.276. The average Bonchev–Trinajstić information content (AvgIpc) is 3.53. The van der Waals surface area contributed by atoms with Gasteiger partial charge in [0, 0.05) is 44.0 Å². The summed E-state index contributed by atoms with van der Waals surface area (Å²) in [4.78, 5) is 4.93. The van der Waals surface area contributed by atoms with E-state index < -0.39 is 10.0 Å². The SMILES string of the molecule is Cc1cnc(CC2CCCN(S(=O)(=O)c3ccc4c(c3)OCCO4)C2)n1CC1CC1. The molecule has 1 saturated carbocycles. The van der Waals surface area contributed by atoms with E-state index in [1.54, 1.807) is 22.5 Å². The summed E-state index contributed by atoms with van der Waals surface area (Å²) in [5.41, 5.74) is 1.20. The molecule has 0 amide bonds. The Hall–Kier alpha value is -2.06. The standard InChI is InChI=1S/C22H29N3O4S/c1-16-13-23-22(25(16)15-17-4-5-17)11-18-3-2-8-24(14-18)30(26,27)19-6-7-20-21(12-19)29-10-9-28-20/h6-7,12-13,17-18H,2-5,8-11,14-15H2,1H3. The molecule has 3 heterocycles. The Morgan fingerprint density at radius 2 is 1.90 bits per heavy atom. The molecule has 2 aromatic rings. The molecule has 162 valence electrons. The van der Waals surface area contributed by atoms with Gasteiger partial charge in [0.25, 0.3) is 0 Å². The number of rotatable bonds is 6. The van der Waals surface area contributed by atoms with Crippen LogP contribution in [0.5, 0.6) is 11.5 Å². The van der Waals surface area contributed by atoms with Crippen LogP contribution in [0.1, 0.15) is 37.2 Å². The summed E-state index contributed by atoms with van der Waals surface area (Å²) < 4.78 is 41.7. The Morgan fingerprint density at radius 3 is 2.70 bits per heavy atom. The number of imidazole rings is 1. The first-order chi connectivity index (χ1) is 14.5. The minimum Gasteiger partial charge on any atom is -0.486 e. The van der Waals surface area contributed by atoms with Gasteiger partial charge in [-0.25, -0.2) is 13.4 Å². The van der Waals surface area contributed by atoms with E-state index in [0.29, 0.717) is 37.8 Å².